The highest BCUT2D eigenvalue weighted by atomic mass is 32.1. The highest BCUT2D eigenvalue weighted by molar-refractivity contribution is 7.13. The number of hydrogen-bond donors (Lipinski definition) is 1. The zero-order chi connectivity index (χ0) is 14.9. The lowest BCUT2D eigenvalue weighted by molar-refractivity contribution is -0.138. The molecule has 1 N–H and O–H groups in total. The van der Waals surface area contributed by atoms with Crippen molar-refractivity contribution in [2.75, 3.05) is 0 Å². The molecule has 5 nitrogen and oxygen atoms in total. The van der Waals surface area contributed by atoms with Gasteiger partial charge in [0, 0.05) is 0 Å². The van der Waals surface area contributed by atoms with E-state index in [0.717, 1.165) is 0 Å². The lowest BCUT2D eigenvalue weighted by atomic mass is 10.1. The van der Waals surface area contributed by atoms with E-state index in [4.69, 9.17) is 9.84 Å². The molecule has 2 rings (SSSR count). The lowest BCUT2D eigenvalue weighted by Gasteiger charge is -2.06. The number of ether oxygens (including phenoxy) is 1. The predicted octanol–water partition coefficient (Wildman–Crippen LogP) is 3.36. The lowest BCUT2D eigenvalue weighted by Crippen LogP contribution is -2.03. The molecule has 1 heterocycles. The maximum atomic E-state index is 12.4. The van der Waals surface area contributed by atoms with E-state index >= 15 is 0 Å². The fourth-order valence-corrected chi connectivity index (χ4v) is 1.88. The Labute approximate surface area is 114 Å². The van der Waals surface area contributed by atoms with Crippen molar-refractivity contribution in [3.05, 3.63) is 34.3 Å². The number of halogens is 3. The standard InChI is InChI=1S/C11H7F3N2O3S/c1-5-2-3-6(8(17)18)4-7(5)19-10-16-15-9(20-10)11(12,13)14/h2-4H,1H3,(H,17,18). The topological polar surface area (TPSA) is 72.3 Å². The van der Waals surface area contributed by atoms with Crippen LogP contribution in [-0.4, -0.2) is 21.3 Å². The number of benzene rings is 1. The molecular weight excluding hydrogens is 297 g/mol. The largest absolute Gasteiger partial charge is 0.478 e. The molecule has 0 bridgehead atoms. The SMILES string of the molecule is Cc1ccc(C(=O)O)cc1Oc1nnc(C(F)(F)F)s1. The first-order valence-corrected chi connectivity index (χ1v) is 6.01. The van der Waals surface area contributed by atoms with Crippen molar-refractivity contribution in [3.63, 3.8) is 0 Å². The first-order valence-electron chi connectivity index (χ1n) is 5.20. The van der Waals surface area contributed by atoms with Gasteiger partial charge >= 0.3 is 12.1 Å². The van der Waals surface area contributed by atoms with Crippen molar-refractivity contribution < 1.29 is 27.8 Å². The Hall–Kier alpha value is -2.16. The molecule has 0 saturated heterocycles. The van der Waals surface area contributed by atoms with Crippen LogP contribution < -0.4 is 4.74 Å². The molecule has 106 valence electrons. The van der Waals surface area contributed by atoms with E-state index in [9.17, 15) is 18.0 Å². The van der Waals surface area contributed by atoms with Crippen molar-refractivity contribution in [2.24, 2.45) is 0 Å². The molecular formula is C11H7F3N2O3S. The van der Waals surface area contributed by atoms with E-state index in [1.807, 2.05) is 0 Å². The zero-order valence-corrected chi connectivity index (χ0v) is 10.7. The summed E-state index contributed by atoms with van der Waals surface area (Å²) < 4.78 is 42.2. The molecule has 0 radical (unpaired) electrons. The Bertz CT molecular complexity index is 655. The van der Waals surface area contributed by atoms with Crippen LogP contribution in [0.15, 0.2) is 18.2 Å². The number of hydrogen-bond acceptors (Lipinski definition) is 5. The van der Waals surface area contributed by atoms with Crippen molar-refractivity contribution in [3.8, 4) is 10.9 Å². The second-order valence-electron chi connectivity index (χ2n) is 3.76. The predicted molar refractivity (Wildman–Crippen MR) is 63.1 cm³/mol. The molecule has 0 fully saturated rings. The number of aromatic nitrogens is 2. The number of carboxylic acids is 1. The molecule has 0 aliphatic carbocycles. The van der Waals surface area contributed by atoms with Gasteiger partial charge in [-0.3, -0.25) is 0 Å². The van der Waals surface area contributed by atoms with Crippen LogP contribution in [0.1, 0.15) is 20.9 Å². The van der Waals surface area contributed by atoms with Crippen LogP contribution in [0, 0.1) is 6.92 Å². The molecule has 1 aromatic heterocycles. The van der Waals surface area contributed by atoms with Gasteiger partial charge in [0.1, 0.15) is 5.75 Å². The minimum atomic E-state index is -4.59. The van der Waals surface area contributed by atoms with Gasteiger partial charge in [-0.2, -0.15) is 13.2 Å². The van der Waals surface area contributed by atoms with Gasteiger partial charge in [-0.1, -0.05) is 22.5 Å². The van der Waals surface area contributed by atoms with Crippen molar-refractivity contribution >= 4 is 17.3 Å². The molecule has 0 atom stereocenters. The minimum Gasteiger partial charge on any atom is -0.478 e. The summed E-state index contributed by atoms with van der Waals surface area (Å²) in [5.41, 5.74) is 0.532. The Morgan fingerprint density at radius 2 is 2.05 bits per heavy atom. The molecule has 0 unspecified atom stereocenters. The van der Waals surface area contributed by atoms with E-state index in [-0.39, 0.29) is 27.8 Å². The minimum absolute atomic E-state index is 0.0360. The van der Waals surface area contributed by atoms with E-state index in [2.05, 4.69) is 10.2 Å². The average molecular weight is 304 g/mol. The third-order valence-electron chi connectivity index (χ3n) is 2.28. The van der Waals surface area contributed by atoms with E-state index in [1.54, 1.807) is 6.92 Å². The van der Waals surface area contributed by atoms with E-state index < -0.39 is 17.2 Å². The average Bonchev–Trinajstić information content (AvgIpc) is 2.80. The third-order valence-corrected chi connectivity index (χ3v) is 3.13. The molecule has 9 heteroatoms. The first-order chi connectivity index (χ1) is 9.27. The van der Waals surface area contributed by atoms with Crippen LogP contribution >= 0.6 is 11.3 Å². The Balaban J connectivity index is 2.28. The molecule has 2 aromatic rings. The second-order valence-corrected chi connectivity index (χ2v) is 4.70. The zero-order valence-electron chi connectivity index (χ0n) is 9.93. The Morgan fingerprint density at radius 3 is 2.60 bits per heavy atom. The van der Waals surface area contributed by atoms with Gasteiger partial charge in [0.05, 0.1) is 5.56 Å². The molecule has 1 aromatic carbocycles. The van der Waals surface area contributed by atoms with Gasteiger partial charge in [-0.05, 0) is 24.6 Å². The summed E-state index contributed by atoms with van der Waals surface area (Å²) in [6.45, 7) is 1.63. The van der Waals surface area contributed by atoms with Gasteiger partial charge in [0.15, 0.2) is 0 Å². The highest BCUT2D eigenvalue weighted by Crippen LogP contribution is 2.36. The maximum Gasteiger partial charge on any atom is 0.445 e. The van der Waals surface area contributed by atoms with Crippen molar-refractivity contribution in [1.29, 1.82) is 0 Å². The normalized spacial score (nSPS) is 11.4. The van der Waals surface area contributed by atoms with Gasteiger partial charge in [-0.25, -0.2) is 4.79 Å². The fraction of sp³-hybridized carbons (Fsp3) is 0.182. The van der Waals surface area contributed by atoms with Crippen LogP contribution in [0.3, 0.4) is 0 Å². The van der Waals surface area contributed by atoms with Crippen LogP contribution in [0.25, 0.3) is 0 Å². The summed E-state index contributed by atoms with van der Waals surface area (Å²) in [7, 11) is 0. The molecule has 0 aliphatic rings. The quantitative estimate of drug-likeness (QED) is 0.941. The maximum absolute atomic E-state index is 12.4. The summed E-state index contributed by atoms with van der Waals surface area (Å²) in [4.78, 5) is 10.8. The number of alkyl halides is 3. The third kappa shape index (κ3) is 3.05. The summed E-state index contributed by atoms with van der Waals surface area (Å²) >= 11 is 0.241. The number of aryl methyl sites for hydroxylation is 1. The Kier molecular flexibility index (Phi) is 3.62. The number of carbonyl (C=O) groups is 1. The monoisotopic (exact) mass is 304 g/mol. The summed E-state index contributed by atoms with van der Waals surface area (Å²) in [6.07, 6.45) is -4.59. The van der Waals surface area contributed by atoms with Crippen molar-refractivity contribution in [2.45, 2.75) is 13.1 Å². The number of nitrogens with zero attached hydrogens (tertiary/aromatic N) is 2. The molecule has 0 aliphatic heterocycles. The first kappa shape index (κ1) is 14.3. The van der Waals surface area contributed by atoms with Gasteiger partial charge in [-0.15, -0.1) is 5.10 Å². The molecule has 0 amide bonds. The molecule has 20 heavy (non-hydrogen) atoms. The van der Waals surface area contributed by atoms with Crippen LogP contribution in [0.2, 0.25) is 0 Å². The summed E-state index contributed by atoms with van der Waals surface area (Å²) in [6, 6.07) is 4.07. The van der Waals surface area contributed by atoms with Crippen LogP contribution in [0.5, 0.6) is 10.9 Å². The van der Waals surface area contributed by atoms with Gasteiger partial charge in [0.2, 0.25) is 5.01 Å². The number of rotatable bonds is 3. The Morgan fingerprint density at radius 1 is 1.35 bits per heavy atom. The van der Waals surface area contributed by atoms with E-state index in [1.165, 1.54) is 18.2 Å². The highest BCUT2D eigenvalue weighted by Gasteiger charge is 2.36. The summed E-state index contributed by atoms with van der Waals surface area (Å²) in [5.74, 6) is -1.04. The van der Waals surface area contributed by atoms with Gasteiger partial charge < -0.3 is 9.84 Å². The molecule has 0 spiro atoms. The fourth-order valence-electron chi connectivity index (χ4n) is 1.30. The smallest absolute Gasteiger partial charge is 0.445 e. The van der Waals surface area contributed by atoms with E-state index in [0.29, 0.717) is 5.56 Å². The van der Waals surface area contributed by atoms with Crippen LogP contribution in [0.4, 0.5) is 13.2 Å². The van der Waals surface area contributed by atoms with Crippen LogP contribution in [-0.2, 0) is 6.18 Å². The molecule has 0 saturated carbocycles. The van der Waals surface area contributed by atoms with Gasteiger partial charge in [0.25, 0.3) is 5.19 Å². The number of aromatic carboxylic acids is 1. The number of carboxylic acid groups (broad SMARTS) is 1. The van der Waals surface area contributed by atoms with Crippen molar-refractivity contribution in [1.82, 2.24) is 10.2 Å². The second kappa shape index (κ2) is 5.08. The summed E-state index contributed by atoms with van der Waals surface area (Å²) in [5, 5.41) is 13.7.